The summed E-state index contributed by atoms with van der Waals surface area (Å²) in [5, 5.41) is 14.6. The molecular formula is C14H16FN3O. The third-order valence-corrected chi connectivity index (χ3v) is 3.34. The van der Waals surface area contributed by atoms with Gasteiger partial charge in [0.05, 0.1) is 6.07 Å². The van der Waals surface area contributed by atoms with Crippen molar-refractivity contribution >= 4 is 5.91 Å². The summed E-state index contributed by atoms with van der Waals surface area (Å²) >= 11 is 0. The van der Waals surface area contributed by atoms with Crippen LogP contribution >= 0.6 is 0 Å². The Morgan fingerprint density at radius 3 is 3.16 bits per heavy atom. The van der Waals surface area contributed by atoms with Crippen molar-refractivity contribution in [1.82, 2.24) is 10.6 Å². The minimum atomic E-state index is -0.280. The van der Waals surface area contributed by atoms with E-state index in [0.29, 0.717) is 6.54 Å². The van der Waals surface area contributed by atoms with E-state index in [-0.39, 0.29) is 30.1 Å². The van der Waals surface area contributed by atoms with E-state index in [1.165, 1.54) is 12.1 Å². The maximum absolute atomic E-state index is 13.3. The number of rotatable bonds is 3. The van der Waals surface area contributed by atoms with Crippen LogP contribution in [-0.4, -0.2) is 25.0 Å². The minimum absolute atomic E-state index is 0.0830. The van der Waals surface area contributed by atoms with Crippen molar-refractivity contribution in [3.05, 3.63) is 35.6 Å². The number of hydrogen-bond donors (Lipinski definition) is 2. The number of amides is 1. The van der Waals surface area contributed by atoms with Crippen LogP contribution in [0.15, 0.2) is 24.3 Å². The van der Waals surface area contributed by atoms with Crippen molar-refractivity contribution < 1.29 is 9.18 Å². The van der Waals surface area contributed by atoms with Gasteiger partial charge in [-0.3, -0.25) is 4.79 Å². The van der Waals surface area contributed by atoms with Crippen LogP contribution in [0.5, 0.6) is 0 Å². The van der Waals surface area contributed by atoms with Gasteiger partial charge in [0.1, 0.15) is 12.2 Å². The number of piperidine rings is 1. The van der Waals surface area contributed by atoms with Crippen molar-refractivity contribution in [3.8, 4) is 6.07 Å². The van der Waals surface area contributed by atoms with Gasteiger partial charge in [-0.05, 0) is 30.7 Å². The lowest BCUT2D eigenvalue weighted by Gasteiger charge is -2.33. The number of halogens is 1. The van der Waals surface area contributed by atoms with Crippen molar-refractivity contribution in [2.75, 3.05) is 13.1 Å². The van der Waals surface area contributed by atoms with Gasteiger partial charge in [0.15, 0.2) is 0 Å². The molecule has 0 aromatic heterocycles. The predicted octanol–water partition coefficient (Wildman–Crippen LogP) is 1.30. The molecule has 100 valence electrons. The molecule has 1 fully saturated rings. The highest BCUT2D eigenvalue weighted by molar-refractivity contribution is 5.78. The van der Waals surface area contributed by atoms with Gasteiger partial charge in [0, 0.05) is 18.5 Å². The molecule has 0 aliphatic carbocycles. The van der Waals surface area contributed by atoms with E-state index in [1.807, 2.05) is 12.1 Å². The molecule has 1 amide bonds. The smallest absolute Gasteiger partial charge is 0.234 e. The van der Waals surface area contributed by atoms with Gasteiger partial charge < -0.3 is 10.6 Å². The van der Waals surface area contributed by atoms with E-state index in [2.05, 4.69) is 10.6 Å². The Bertz CT molecular complexity index is 498. The van der Waals surface area contributed by atoms with Gasteiger partial charge in [-0.2, -0.15) is 5.26 Å². The molecule has 1 aromatic rings. The normalized spacial score (nSPS) is 22.5. The Morgan fingerprint density at radius 1 is 1.58 bits per heavy atom. The van der Waals surface area contributed by atoms with Crippen molar-refractivity contribution in [3.63, 3.8) is 0 Å². The van der Waals surface area contributed by atoms with Crippen molar-refractivity contribution in [2.24, 2.45) is 0 Å². The van der Waals surface area contributed by atoms with Crippen LogP contribution < -0.4 is 10.6 Å². The van der Waals surface area contributed by atoms with Gasteiger partial charge in [0.2, 0.25) is 5.91 Å². The molecule has 0 bridgehead atoms. The van der Waals surface area contributed by atoms with Crippen molar-refractivity contribution in [1.29, 1.82) is 5.26 Å². The number of nitriles is 1. The first kappa shape index (κ1) is 13.5. The van der Waals surface area contributed by atoms with Gasteiger partial charge >= 0.3 is 0 Å². The Balaban J connectivity index is 2.12. The Hall–Kier alpha value is -1.93. The summed E-state index contributed by atoms with van der Waals surface area (Å²) in [6.45, 7) is 1.48. The standard InChI is InChI=1S/C14H16FN3O/c15-11-3-1-2-10(8-11)12-5-7-17-9-13(12)18-14(19)4-6-16/h1-3,8,12-13,17H,4-5,7,9H2,(H,18,19). The highest BCUT2D eigenvalue weighted by Crippen LogP contribution is 2.26. The lowest BCUT2D eigenvalue weighted by Crippen LogP contribution is -2.49. The van der Waals surface area contributed by atoms with Gasteiger partial charge in [-0.15, -0.1) is 0 Å². The maximum Gasteiger partial charge on any atom is 0.234 e. The van der Waals surface area contributed by atoms with Crippen LogP contribution in [0, 0.1) is 17.1 Å². The van der Waals surface area contributed by atoms with E-state index in [9.17, 15) is 9.18 Å². The summed E-state index contributed by atoms with van der Waals surface area (Å²) in [7, 11) is 0. The summed E-state index contributed by atoms with van der Waals surface area (Å²) in [5.41, 5.74) is 0.892. The molecule has 1 aliphatic rings. The van der Waals surface area contributed by atoms with Crippen LogP contribution in [-0.2, 0) is 4.79 Å². The quantitative estimate of drug-likeness (QED) is 0.862. The minimum Gasteiger partial charge on any atom is -0.351 e. The van der Waals surface area contributed by atoms with Crippen LogP contribution in [0.2, 0.25) is 0 Å². The van der Waals surface area contributed by atoms with Crippen molar-refractivity contribution in [2.45, 2.75) is 24.8 Å². The molecule has 0 spiro atoms. The number of nitrogens with zero attached hydrogens (tertiary/aromatic N) is 1. The summed E-state index contributed by atoms with van der Waals surface area (Å²) in [6.07, 6.45) is 0.688. The number of benzene rings is 1. The van der Waals surface area contributed by atoms with E-state index >= 15 is 0 Å². The first-order valence-corrected chi connectivity index (χ1v) is 6.33. The number of carbonyl (C=O) groups excluding carboxylic acids is 1. The predicted molar refractivity (Wildman–Crippen MR) is 68.8 cm³/mol. The fourth-order valence-electron chi connectivity index (χ4n) is 2.48. The summed E-state index contributed by atoms with van der Waals surface area (Å²) in [4.78, 5) is 11.5. The van der Waals surface area contributed by atoms with Crippen LogP contribution in [0.4, 0.5) is 4.39 Å². The zero-order valence-electron chi connectivity index (χ0n) is 10.5. The molecule has 1 heterocycles. The highest BCUT2D eigenvalue weighted by atomic mass is 19.1. The zero-order valence-corrected chi connectivity index (χ0v) is 10.5. The molecular weight excluding hydrogens is 245 g/mol. The van der Waals surface area contributed by atoms with Crippen LogP contribution in [0.3, 0.4) is 0 Å². The largest absolute Gasteiger partial charge is 0.351 e. The fourth-order valence-corrected chi connectivity index (χ4v) is 2.48. The van der Waals surface area contributed by atoms with Crippen LogP contribution in [0.1, 0.15) is 24.3 Å². The molecule has 0 radical (unpaired) electrons. The monoisotopic (exact) mass is 261 g/mol. The Kier molecular flexibility index (Phi) is 4.48. The SMILES string of the molecule is N#CCC(=O)NC1CNCCC1c1cccc(F)c1. The molecule has 2 unspecified atom stereocenters. The fraction of sp³-hybridized carbons (Fsp3) is 0.429. The molecule has 1 aliphatic heterocycles. The van der Waals surface area contributed by atoms with E-state index < -0.39 is 0 Å². The summed E-state index contributed by atoms with van der Waals surface area (Å²) < 4.78 is 13.3. The van der Waals surface area contributed by atoms with Gasteiger partial charge in [0.25, 0.3) is 0 Å². The molecule has 2 N–H and O–H groups in total. The number of hydrogen-bond acceptors (Lipinski definition) is 3. The average Bonchev–Trinajstić information content (AvgIpc) is 2.39. The first-order chi connectivity index (χ1) is 9.20. The molecule has 19 heavy (non-hydrogen) atoms. The van der Waals surface area contributed by atoms with E-state index in [1.54, 1.807) is 6.07 Å². The molecule has 4 nitrogen and oxygen atoms in total. The van der Waals surface area contributed by atoms with Gasteiger partial charge in [-0.25, -0.2) is 4.39 Å². The van der Waals surface area contributed by atoms with Crippen LogP contribution in [0.25, 0.3) is 0 Å². The second-order valence-electron chi connectivity index (χ2n) is 4.66. The second kappa shape index (κ2) is 6.30. The third-order valence-electron chi connectivity index (χ3n) is 3.34. The zero-order chi connectivity index (χ0) is 13.7. The molecule has 2 rings (SSSR count). The number of carbonyl (C=O) groups is 1. The highest BCUT2D eigenvalue weighted by Gasteiger charge is 2.27. The summed E-state index contributed by atoms with van der Waals surface area (Å²) in [5.74, 6) is -0.463. The Morgan fingerprint density at radius 2 is 2.42 bits per heavy atom. The average molecular weight is 261 g/mol. The Labute approximate surface area is 111 Å². The maximum atomic E-state index is 13.3. The van der Waals surface area contributed by atoms with E-state index in [0.717, 1.165) is 18.5 Å². The molecule has 1 saturated heterocycles. The lowest BCUT2D eigenvalue weighted by atomic mass is 9.86. The number of nitrogens with one attached hydrogen (secondary N) is 2. The lowest BCUT2D eigenvalue weighted by molar-refractivity contribution is -0.121. The summed E-state index contributed by atoms with van der Waals surface area (Å²) in [6, 6.07) is 8.21. The topological polar surface area (TPSA) is 64.9 Å². The van der Waals surface area contributed by atoms with E-state index in [4.69, 9.17) is 5.26 Å². The van der Waals surface area contributed by atoms with Gasteiger partial charge in [-0.1, -0.05) is 12.1 Å². The first-order valence-electron chi connectivity index (χ1n) is 6.33. The second-order valence-corrected chi connectivity index (χ2v) is 4.66. The molecule has 1 aromatic carbocycles. The molecule has 5 heteroatoms. The third kappa shape index (κ3) is 3.52. The molecule has 2 atom stereocenters. The molecule has 0 saturated carbocycles.